The molecule has 0 aromatic heterocycles. The van der Waals surface area contributed by atoms with Crippen molar-refractivity contribution in [3.8, 4) is 0 Å². The third kappa shape index (κ3) is 4.55. The predicted molar refractivity (Wildman–Crippen MR) is 129 cm³/mol. The van der Waals surface area contributed by atoms with E-state index in [1.54, 1.807) is 17.0 Å². The number of halogens is 4. The first kappa shape index (κ1) is 24.6. The van der Waals surface area contributed by atoms with Crippen LogP contribution in [0.15, 0.2) is 46.2 Å². The molecule has 7 nitrogen and oxygen atoms in total. The first-order valence-corrected chi connectivity index (χ1v) is 12.2. The zero-order valence-electron chi connectivity index (χ0n) is 19.9. The number of amides is 1. The highest BCUT2D eigenvalue weighted by atomic mass is 35.5. The van der Waals surface area contributed by atoms with Gasteiger partial charge in [-0.2, -0.15) is 5.11 Å². The lowest BCUT2D eigenvalue weighted by Gasteiger charge is -2.39. The van der Waals surface area contributed by atoms with Crippen LogP contribution in [0.1, 0.15) is 41.3 Å². The van der Waals surface area contributed by atoms with Gasteiger partial charge in [0.1, 0.15) is 17.5 Å². The molecular weight excluding hydrogens is 493 g/mol. The Kier molecular flexibility index (Phi) is 6.65. The zero-order valence-corrected chi connectivity index (χ0v) is 20.6. The summed E-state index contributed by atoms with van der Waals surface area (Å²) in [6.45, 7) is 2.80. The number of piperidine rings is 1. The van der Waals surface area contributed by atoms with Crippen LogP contribution in [-0.2, 0) is 6.42 Å². The van der Waals surface area contributed by atoms with Gasteiger partial charge in [0.15, 0.2) is 0 Å². The molecule has 0 aliphatic carbocycles. The molecule has 1 saturated heterocycles. The molecule has 1 amide bonds. The molecule has 3 aliphatic rings. The van der Waals surface area contributed by atoms with Gasteiger partial charge in [0.25, 0.3) is 5.91 Å². The number of hydrazine groups is 1. The van der Waals surface area contributed by atoms with Crippen molar-refractivity contribution in [2.75, 3.05) is 20.1 Å². The number of carbonyl (C=O) groups excluding carboxylic acids is 1. The number of nitrogens with one attached hydrogen (secondary N) is 2. The summed E-state index contributed by atoms with van der Waals surface area (Å²) in [5.41, 5.74) is 8.98. The SMILES string of the molecule is C[C@H]1C2NN(C)C(c3cc(F)cc(F)c3)=C2CCN1C(=O)c1cc(F)cc(CCC2CN=NN2)c1Cl. The molecule has 3 aliphatic heterocycles. The Morgan fingerprint density at radius 2 is 1.86 bits per heavy atom. The molecule has 2 aromatic rings. The van der Waals surface area contributed by atoms with E-state index >= 15 is 0 Å². The molecule has 0 spiro atoms. The molecule has 0 bridgehead atoms. The van der Waals surface area contributed by atoms with Gasteiger partial charge in [0.05, 0.1) is 41.0 Å². The van der Waals surface area contributed by atoms with Crippen LogP contribution in [0.5, 0.6) is 0 Å². The topological polar surface area (TPSA) is 72.3 Å². The number of rotatable bonds is 5. The second kappa shape index (κ2) is 9.74. The van der Waals surface area contributed by atoms with E-state index in [9.17, 15) is 18.0 Å². The van der Waals surface area contributed by atoms with Crippen molar-refractivity contribution in [2.45, 2.75) is 44.3 Å². The molecule has 2 N–H and O–H groups in total. The summed E-state index contributed by atoms with van der Waals surface area (Å²) in [7, 11) is 1.78. The normalized spacial score (nSPS) is 23.3. The fourth-order valence-corrected chi connectivity index (χ4v) is 5.58. The van der Waals surface area contributed by atoms with E-state index in [1.807, 2.05) is 6.92 Å². The lowest BCUT2D eigenvalue weighted by molar-refractivity contribution is 0.0618. The van der Waals surface area contributed by atoms with E-state index in [1.165, 1.54) is 24.3 Å². The first-order valence-electron chi connectivity index (χ1n) is 11.8. The molecule has 1 fully saturated rings. The van der Waals surface area contributed by atoms with Gasteiger partial charge >= 0.3 is 0 Å². The summed E-state index contributed by atoms with van der Waals surface area (Å²) in [4.78, 5) is 15.3. The number of benzene rings is 2. The molecule has 11 heteroatoms. The van der Waals surface area contributed by atoms with Crippen molar-refractivity contribution in [3.05, 3.63) is 75.1 Å². The lowest BCUT2D eigenvalue weighted by Crippen LogP contribution is -2.55. The summed E-state index contributed by atoms with van der Waals surface area (Å²) in [6, 6.07) is 5.46. The number of carbonyl (C=O) groups is 1. The Labute approximate surface area is 211 Å². The minimum Gasteiger partial charge on any atom is -0.334 e. The van der Waals surface area contributed by atoms with Crippen molar-refractivity contribution < 1.29 is 18.0 Å². The van der Waals surface area contributed by atoms with Crippen LogP contribution in [0.25, 0.3) is 5.70 Å². The average molecular weight is 519 g/mol. The summed E-state index contributed by atoms with van der Waals surface area (Å²) in [5.74, 6) is -2.18. The largest absolute Gasteiger partial charge is 0.334 e. The molecule has 3 heterocycles. The minimum atomic E-state index is -0.653. The minimum absolute atomic E-state index is 0.0574. The summed E-state index contributed by atoms with van der Waals surface area (Å²) >= 11 is 6.61. The maximum absolute atomic E-state index is 14.5. The molecule has 2 aromatic carbocycles. The van der Waals surface area contributed by atoms with Crippen molar-refractivity contribution in [1.29, 1.82) is 0 Å². The van der Waals surface area contributed by atoms with Crippen LogP contribution < -0.4 is 10.9 Å². The first-order chi connectivity index (χ1) is 17.2. The maximum atomic E-state index is 14.5. The highest BCUT2D eigenvalue weighted by molar-refractivity contribution is 6.34. The zero-order chi connectivity index (χ0) is 25.6. The van der Waals surface area contributed by atoms with Crippen molar-refractivity contribution in [1.82, 2.24) is 20.8 Å². The van der Waals surface area contributed by atoms with E-state index in [0.29, 0.717) is 49.2 Å². The highest BCUT2D eigenvalue weighted by Gasteiger charge is 2.41. The van der Waals surface area contributed by atoms with Gasteiger partial charge in [0, 0.05) is 25.2 Å². The van der Waals surface area contributed by atoms with Gasteiger partial charge in [-0.25, -0.2) is 18.6 Å². The van der Waals surface area contributed by atoms with Crippen LogP contribution in [-0.4, -0.2) is 54.1 Å². The molecule has 0 saturated carbocycles. The van der Waals surface area contributed by atoms with Crippen LogP contribution in [0.2, 0.25) is 5.02 Å². The molecule has 2 unspecified atom stereocenters. The van der Waals surface area contributed by atoms with Crippen molar-refractivity contribution in [3.63, 3.8) is 0 Å². The Balaban J connectivity index is 1.39. The lowest BCUT2D eigenvalue weighted by atomic mass is 9.89. The van der Waals surface area contributed by atoms with Crippen LogP contribution in [0.4, 0.5) is 13.2 Å². The maximum Gasteiger partial charge on any atom is 0.255 e. The van der Waals surface area contributed by atoms with E-state index in [4.69, 9.17) is 11.6 Å². The fourth-order valence-electron chi connectivity index (χ4n) is 5.29. The number of hydrogen-bond acceptors (Lipinski definition) is 6. The average Bonchev–Trinajstić information content (AvgIpc) is 3.46. The Hall–Kier alpha value is -3.11. The summed E-state index contributed by atoms with van der Waals surface area (Å²) < 4.78 is 42.3. The van der Waals surface area contributed by atoms with Crippen molar-refractivity contribution >= 4 is 23.2 Å². The number of fused-ring (bicyclic) bond motifs is 1. The standard InChI is InChI=1S/C25H26ClF3N6O/c1-13-23-20(24(34(2)32-23)15-8-16(27)10-17(28)9-15)5-6-35(13)25(36)21-11-18(29)7-14(22(21)26)3-4-19-12-30-33-31-19/h7-11,13,19,23,32H,3-6,12H2,1-2H3,(H,30,31)/t13-,19?,23?/m0/s1. The molecule has 5 rings (SSSR count). The van der Waals surface area contributed by atoms with E-state index in [0.717, 1.165) is 11.6 Å². The number of hydrogen-bond donors (Lipinski definition) is 2. The van der Waals surface area contributed by atoms with Crippen LogP contribution >= 0.6 is 11.6 Å². The smallest absolute Gasteiger partial charge is 0.255 e. The predicted octanol–water partition coefficient (Wildman–Crippen LogP) is 4.49. The monoisotopic (exact) mass is 518 g/mol. The third-order valence-corrected chi connectivity index (χ3v) is 7.51. The molecule has 36 heavy (non-hydrogen) atoms. The molecule has 190 valence electrons. The highest BCUT2D eigenvalue weighted by Crippen LogP contribution is 2.37. The van der Waals surface area contributed by atoms with Gasteiger partial charge in [-0.1, -0.05) is 16.8 Å². The van der Waals surface area contributed by atoms with Crippen LogP contribution in [0.3, 0.4) is 0 Å². The van der Waals surface area contributed by atoms with Gasteiger partial charge in [-0.15, -0.1) is 0 Å². The second-order valence-electron chi connectivity index (χ2n) is 9.40. The van der Waals surface area contributed by atoms with E-state index in [-0.39, 0.29) is 34.6 Å². The molecule has 0 radical (unpaired) electrons. The number of likely N-dealkylation sites (tertiary alicyclic amines) is 1. The van der Waals surface area contributed by atoms with Gasteiger partial charge in [0.2, 0.25) is 0 Å². The Morgan fingerprint density at radius 3 is 2.56 bits per heavy atom. The van der Waals surface area contributed by atoms with Gasteiger partial charge < -0.3 is 9.91 Å². The molecular formula is C25H26ClF3N6O. The molecule has 3 atom stereocenters. The van der Waals surface area contributed by atoms with E-state index in [2.05, 4.69) is 21.2 Å². The number of aryl methyl sites for hydroxylation is 1. The van der Waals surface area contributed by atoms with Crippen molar-refractivity contribution in [2.24, 2.45) is 10.3 Å². The second-order valence-corrected chi connectivity index (χ2v) is 9.78. The van der Waals surface area contributed by atoms with Gasteiger partial charge in [-0.3, -0.25) is 10.2 Å². The van der Waals surface area contributed by atoms with Gasteiger partial charge in [-0.05, 0) is 61.6 Å². The fraction of sp³-hybridized carbons (Fsp3) is 0.400. The summed E-state index contributed by atoms with van der Waals surface area (Å²) in [5, 5.41) is 9.63. The quantitative estimate of drug-likeness (QED) is 0.611. The summed E-state index contributed by atoms with van der Waals surface area (Å²) in [6.07, 6.45) is 1.62. The Bertz CT molecular complexity index is 1240. The Morgan fingerprint density at radius 1 is 1.14 bits per heavy atom. The van der Waals surface area contributed by atoms with Crippen LogP contribution in [0, 0.1) is 17.5 Å². The van der Waals surface area contributed by atoms with E-state index < -0.39 is 17.5 Å². The third-order valence-electron chi connectivity index (χ3n) is 7.06. The number of nitrogens with zero attached hydrogens (tertiary/aromatic N) is 4.